The number of benzene rings is 3. The molecule has 0 aliphatic carbocycles. The van der Waals surface area contributed by atoms with Crippen LogP contribution in [0.2, 0.25) is 5.02 Å². The van der Waals surface area contributed by atoms with Gasteiger partial charge in [0.15, 0.2) is 12.3 Å². The zero-order chi connectivity index (χ0) is 24.9. The highest BCUT2D eigenvalue weighted by molar-refractivity contribution is 6.30. The molecule has 3 aromatic carbocycles. The number of aromatic nitrogens is 3. The number of carbonyl (C=O) groups excluding carboxylic acids is 1. The van der Waals surface area contributed by atoms with Crippen LogP contribution in [0.4, 0.5) is 0 Å². The Morgan fingerprint density at radius 3 is 2.39 bits per heavy atom. The third kappa shape index (κ3) is 5.24. The first kappa shape index (κ1) is 23.6. The van der Waals surface area contributed by atoms with Crippen LogP contribution < -0.4 is 10.1 Å². The summed E-state index contributed by atoms with van der Waals surface area (Å²) >= 11 is 5.93. The number of aryl methyl sites for hydroxylation is 1. The van der Waals surface area contributed by atoms with Crippen molar-refractivity contribution in [1.29, 1.82) is 0 Å². The maximum atomic E-state index is 12.5. The van der Waals surface area contributed by atoms with Crippen molar-refractivity contribution in [2.24, 2.45) is 0 Å². The van der Waals surface area contributed by atoms with Crippen LogP contribution in [0, 0.1) is 6.92 Å². The van der Waals surface area contributed by atoms with Gasteiger partial charge < -0.3 is 10.1 Å². The van der Waals surface area contributed by atoms with Gasteiger partial charge in [-0.3, -0.25) is 4.79 Å². The fourth-order valence-corrected chi connectivity index (χ4v) is 4.25. The molecule has 0 spiro atoms. The molecule has 1 N–H and O–H groups in total. The molecular weight excluding hydrogens is 472 g/mol. The van der Waals surface area contributed by atoms with Gasteiger partial charge in [0.05, 0.1) is 16.8 Å². The van der Waals surface area contributed by atoms with Crippen LogP contribution in [0.15, 0.2) is 91.0 Å². The van der Waals surface area contributed by atoms with E-state index in [1.807, 2.05) is 103 Å². The maximum Gasteiger partial charge on any atom is 0.258 e. The van der Waals surface area contributed by atoms with Gasteiger partial charge in [-0.2, -0.15) is 10.1 Å². The minimum absolute atomic E-state index is 0.133. The third-order valence-electron chi connectivity index (χ3n) is 5.88. The van der Waals surface area contributed by atoms with Gasteiger partial charge >= 0.3 is 0 Å². The second-order valence-corrected chi connectivity index (χ2v) is 8.86. The van der Waals surface area contributed by atoms with Crippen LogP contribution in [0.3, 0.4) is 0 Å². The summed E-state index contributed by atoms with van der Waals surface area (Å²) in [7, 11) is 0. The van der Waals surface area contributed by atoms with Crippen molar-refractivity contribution in [3.63, 3.8) is 0 Å². The van der Waals surface area contributed by atoms with Gasteiger partial charge in [-0.15, -0.1) is 0 Å². The summed E-state index contributed by atoms with van der Waals surface area (Å²) in [5.74, 6) is 0.158. The van der Waals surface area contributed by atoms with Crippen molar-refractivity contribution in [2.75, 3.05) is 13.2 Å². The van der Waals surface area contributed by atoms with E-state index in [2.05, 4.69) is 5.32 Å². The Labute approximate surface area is 214 Å². The first-order valence-corrected chi connectivity index (χ1v) is 12.1. The van der Waals surface area contributed by atoms with Gasteiger partial charge in [0.1, 0.15) is 0 Å². The normalized spacial score (nSPS) is 10.9. The smallest absolute Gasteiger partial charge is 0.258 e. The average molecular weight is 497 g/mol. The number of carbonyl (C=O) groups is 1. The lowest BCUT2D eigenvalue weighted by Gasteiger charge is -2.11. The molecule has 2 aromatic heterocycles. The molecule has 5 rings (SSSR count). The maximum absolute atomic E-state index is 12.5. The van der Waals surface area contributed by atoms with Crippen LogP contribution in [0.1, 0.15) is 11.3 Å². The van der Waals surface area contributed by atoms with Gasteiger partial charge in [0.2, 0.25) is 5.88 Å². The van der Waals surface area contributed by atoms with Crippen LogP contribution in [-0.4, -0.2) is 33.8 Å². The highest BCUT2D eigenvalue weighted by Crippen LogP contribution is 2.34. The van der Waals surface area contributed by atoms with Crippen LogP contribution in [0.25, 0.3) is 27.8 Å². The number of amides is 1. The molecule has 0 radical (unpaired) electrons. The highest BCUT2D eigenvalue weighted by atomic mass is 35.5. The standard InChI is InChI=1S/C29H25ClN4O2/c1-20-28-25(22-8-4-2-5-9-22)18-27(32-29(28)34(33-20)24-10-6-3-7-11-24)36-19-26(35)31-17-16-21-12-14-23(30)15-13-21/h2-15,18H,16-17,19H2,1H3,(H,31,35). The molecule has 0 saturated carbocycles. The summed E-state index contributed by atoms with van der Waals surface area (Å²) < 4.78 is 7.69. The molecule has 0 unspecified atom stereocenters. The largest absolute Gasteiger partial charge is 0.467 e. The first-order valence-electron chi connectivity index (χ1n) is 11.7. The number of hydrogen-bond donors (Lipinski definition) is 1. The fraction of sp³-hybridized carbons (Fsp3) is 0.138. The second kappa shape index (κ2) is 10.6. The number of halogens is 1. The van der Waals surface area contributed by atoms with Gasteiger partial charge in [0, 0.05) is 17.6 Å². The van der Waals surface area contributed by atoms with E-state index in [9.17, 15) is 4.79 Å². The number of para-hydroxylation sites is 1. The number of ether oxygens (including phenoxy) is 1. The Kier molecular flexibility index (Phi) is 6.96. The quantitative estimate of drug-likeness (QED) is 0.295. The lowest BCUT2D eigenvalue weighted by atomic mass is 10.0. The number of nitrogens with one attached hydrogen (secondary N) is 1. The van der Waals surface area contributed by atoms with Gasteiger partial charge in [-0.1, -0.05) is 72.3 Å². The number of hydrogen-bond acceptors (Lipinski definition) is 4. The minimum atomic E-state index is -0.208. The summed E-state index contributed by atoms with van der Waals surface area (Å²) in [6.45, 7) is 2.35. The Morgan fingerprint density at radius 2 is 1.67 bits per heavy atom. The predicted octanol–water partition coefficient (Wildman–Crippen LogP) is 5.79. The topological polar surface area (TPSA) is 69.0 Å². The Morgan fingerprint density at radius 1 is 0.972 bits per heavy atom. The number of pyridine rings is 1. The zero-order valence-corrected chi connectivity index (χ0v) is 20.6. The summed E-state index contributed by atoms with van der Waals surface area (Å²) in [6, 6.07) is 29.4. The molecule has 180 valence electrons. The van der Waals surface area contributed by atoms with Crippen LogP contribution in [0.5, 0.6) is 5.88 Å². The lowest BCUT2D eigenvalue weighted by Crippen LogP contribution is -2.30. The molecule has 5 aromatic rings. The van der Waals surface area contributed by atoms with E-state index in [1.54, 1.807) is 0 Å². The molecule has 6 nitrogen and oxygen atoms in total. The predicted molar refractivity (Wildman–Crippen MR) is 143 cm³/mol. The summed E-state index contributed by atoms with van der Waals surface area (Å²) in [6.07, 6.45) is 0.709. The van der Waals surface area contributed by atoms with Crippen molar-refractivity contribution in [3.8, 4) is 22.7 Å². The van der Waals surface area contributed by atoms with Gasteiger partial charge in [-0.25, -0.2) is 4.68 Å². The second-order valence-electron chi connectivity index (χ2n) is 8.42. The molecule has 0 atom stereocenters. The van der Waals surface area contributed by atoms with E-state index in [0.29, 0.717) is 29.5 Å². The monoisotopic (exact) mass is 496 g/mol. The SMILES string of the molecule is Cc1nn(-c2ccccc2)c2nc(OCC(=O)NCCc3ccc(Cl)cc3)cc(-c3ccccc3)c12. The molecule has 0 aliphatic heterocycles. The van der Waals surface area contributed by atoms with E-state index < -0.39 is 0 Å². The lowest BCUT2D eigenvalue weighted by molar-refractivity contribution is -0.123. The van der Waals surface area contributed by atoms with Crippen LogP contribution in [-0.2, 0) is 11.2 Å². The van der Waals surface area contributed by atoms with Gasteiger partial charge in [-0.05, 0) is 54.3 Å². The van der Waals surface area contributed by atoms with E-state index in [1.165, 1.54) is 0 Å². The molecule has 2 heterocycles. The molecule has 36 heavy (non-hydrogen) atoms. The summed E-state index contributed by atoms with van der Waals surface area (Å²) in [5.41, 5.74) is 5.53. The Balaban J connectivity index is 1.39. The molecule has 7 heteroatoms. The molecule has 0 aliphatic rings. The van der Waals surface area contributed by atoms with Crippen molar-refractivity contribution in [3.05, 3.63) is 107 Å². The number of fused-ring (bicyclic) bond motifs is 1. The molecule has 0 bridgehead atoms. The molecule has 0 saturated heterocycles. The van der Waals surface area contributed by atoms with Crippen molar-refractivity contribution in [1.82, 2.24) is 20.1 Å². The molecule has 1 amide bonds. The number of rotatable bonds is 8. The van der Waals surface area contributed by atoms with Crippen LogP contribution >= 0.6 is 11.6 Å². The number of nitrogens with zero attached hydrogens (tertiary/aromatic N) is 3. The van der Waals surface area contributed by atoms with E-state index >= 15 is 0 Å². The molecule has 0 fully saturated rings. The highest BCUT2D eigenvalue weighted by Gasteiger charge is 2.18. The third-order valence-corrected chi connectivity index (χ3v) is 6.13. The van der Waals surface area contributed by atoms with Gasteiger partial charge in [0.25, 0.3) is 5.91 Å². The van der Waals surface area contributed by atoms with E-state index in [0.717, 1.165) is 33.5 Å². The summed E-state index contributed by atoms with van der Waals surface area (Å²) in [4.78, 5) is 17.2. The van der Waals surface area contributed by atoms with Crippen molar-refractivity contribution < 1.29 is 9.53 Å². The van der Waals surface area contributed by atoms with Crippen molar-refractivity contribution >= 4 is 28.5 Å². The minimum Gasteiger partial charge on any atom is -0.467 e. The Hall–Kier alpha value is -4.16. The first-order chi connectivity index (χ1) is 17.6. The fourth-order valence-electron chi connectivity index (χ4n) is 4.12. The average Bonchev–Trinajstić information content (AvgIpc) is 3.25. The van der Waals surface area contributed by atoms with Crippen molar-refractivity contribution in [2.45, 2.75) is 13.3 Å². The van der Waals surface area contributed by atoms with E-state index in [4.69, 9.17) is 26.4 Å². The molecular formula is C29H25ClN4O2. The zero-order valence-electron chi connectivity index (χ0n) is 19.8. The van der Waals surface area contributed by atoms with E-state index in [-0.39, 0.29) is 12.5 Å². The Bertz CT molecular complexity index is 1480. The summed E-state index contributed by atoms with van der Waals surface area (Å²) in [5, 5.41) is 9.31.